The van der Waals surface area contributed by atoms with Gasteiger partial charge in [-0.2, -0.15) is 0 Å². The molecule has 0 aliphatic carbocycles. The van der Waals surface area contributed by atoms with Crippen LogP contribution in [0, 0.1) is 6.92 Å². The summed E-state index contributed by atoms with van der Waals surface area (Å²) in [5.41, 5.74) is 2.33. The molecule has 0 spiro atoms. The maximum atomic E-state index is 12.6. The van der Waals surface area contributed by atoms with E-state index in [1.54, 1.807) is 11.8 Å². The third kappa shape index (κ3) is 5.66. The molecule has 1 aliphatic rings. The van der Waals surface area contributed by atoms with E-state index in [9.17, 15) is 9.59 Å². The average Bonchev–Trinajstić information content (AvgIpc) is 2.60. The maximum absolute atomic E-state index is 12.6. The van der Waals surface area contributed by atoms with Gasteiger partial charge in [0, 0.05) is 32.2 Å². The first kappa shape index (κ1) is 19.1. The number of likely N-dealkylation sites (tertiary alicyclic amines) is 1. The molecule has 1 aromatic carbocycles. The van der Waals surface area contributed by atoms with Crippen LogP contribution in [0.1, 0.15) is 37.8 Å². The zero-order valence-corrected chi connectivity index (χ0v) is 15.5. The smallest absolute Gasteiger partial charge is 0.409 e. The van der Waals surface area contributed by atoms with Gasteiger partial charge in [-0.15, -0.1) is 0 Å². The van der Waals surface area contributed by atoms with Gasteiger partial charge < -0.3 is 19.9 Å². The number of nitrogens with one attached hydrogen (secondary N) is 1. The predicted molar refractivity (Wildman–Crippen MR) is 97.4 cm³/mol. The number of urea groups is 1. The van der Waals surface area contributed by atoms with Gasteiger partial charge in [0.25, 0.3) is 0 Å². The molecule has 3 amide bonds. The Hall–Kier alpha value is -2.24. The Morgan fingerprint density at radius 2 is 2.00 bits per heavy atom. The molecule has 0 unspecified atom stereocenters. The van der Waals surface area contributed by atoms with E-state index >= 15 is 0 Å². The molecule has 25 heavy (non-hydrogen) atoms. The Kier molecular flexibility index (Phi) is 7.10. The van der Waals surface area contributed by atoms with E-state index in [1.165, 1.54) is 5.56 Å². The van der Waals surface area contributed by atoms with E-state index in [4.69, 9.17) is 4.74 Å². The van der Waals surface area contributed by atoms with Crippen LogP contribution in [0.4, 0.5) is 9.59 Å². The van der Waals surface area contributed by atoms with Crippen LogP contribution in [0.25, 0.3) is 0 Å². The van der Waals surface area contributed by atoms with Gasteiger partial charge in [-0.3, -0.25) is 0 Å². The van der Waals surface area contributed by atoms with Crippen molar-refractivity contribution in [3.63, 3.8) is 0 Å². The summed E-state index contributed by atoms with van der Waals surface area (Å²) in [6.45, 7) is 8.73. The number of hydrogen-bond donors (Lipinski definition) is 1. The van der Waals surface area contributed by atoms with E-state index in [1.807, 2.05) is 24.0 Å². The number of ether oxygens (including phenoxy) is 1. The Bertz CT molecular complexity index is 583. The fourth-order valence-corrected chi connectivity index (χ4v) is 3.05. The van der Waals surface area contributed by atoms with Crippen LogP contribution >= 0.6 is 0 Å². The predicted octanol–water partition coefficient (Wildman–Crippen LogP) is 3.15. The molecule has 1 aromatic rings. The summed E-state index contributed by atoms with van der Waals surface area (Å²) in [6, 6.07) is 8.27. The second-order valence-electron chi connectivity index (χ2n) is 6.41. The van der Waals surface area contributed by atoms with Gasteiger partial charge in [-0.1, -0.05) is 29.8 Å². The van der Waals surface area contributed by atoms with Gasteiger partial charge in [0.2, 0.25) is 0 Å². The lowest BCUT2D eigenvalue weighted by atomic mass is 10.1. The van der Waals surface area contributed by atoms with E-state index in [2.05, 4.69) is 24.4 Å². The fourth-order valence-electron chi connectivity index (χ4n) is 3.05. The molecule has 0 bridgehead atoms. The third-order valence-corrected chi connectivity index (χ3v) is 4.47. The molecule has 1 aliphatic heterocycles. The van der Waals surface area contributed by atoms with Crippen molar-refractivity contribution < 1.29 is 14.3 Å². The summed E-state index contributed by atoms with van der Waals surface area (Å²) < 4.78 is 5.02. The highest BCUT2D eigenvalue weighted by Crippen LogP contribution is 2.13. The first-order valence-electron chi connectivity index (χ1n) is 9.06. The van der Waals surface area contributed by atoms with Gasteiger partial charge >= 0.3 is 12.1 Å². The van der Waals surface area contributed by atoms with Crippen molar-refractivity contribution in [1.82, 2.24) is 15.1 Å². The first-order valence-corrected chi connectivity index (χ1v) is 9.06. The average molecular weight is 347 g/mol. The zero-order valence-electron chi connectivity index (χ0n) is 15.5. The number of piperidine rings is 1. The van der Waals surface area contributed by atoms with Crippen molar-refractivity contribution in [3.8, 4) is 0 Å². The van der Waals surface area contributed by atoms with Gasteiger partial charge in [-0.25, -0.2) is 9.59 Å². The Morgan fingerprint density at radius 1 is 1.28 bits per heavy atom. The highest BCUT2D eigenvalue weighted by atomic mass is 16.6. The van der Waals surface area contributed by atoms with Crippen LogP contribution in [0.15, 0.2) is 24.3 Å². The molecule has 0 aromatic heterocycles. The minimum atomic E-state index is -0.262. The number of carbonyl (C=O) groups is 2. The van der Waals surface area contributed by atoms with Gasteiger partial charge in [-0.05, 0) is 39.2 Å². The normalized spacial score (nSPS) is 14.9. The Labute approximate surface area is 150 Å². The monoisotopic (exact) mass is 347 g/mol. The van der Waals surface area contributed by atoms with Crippen LogP contribution in [0.3, 0.4) is 0 Å². The van der Waals surface area contributed by atoms with Crippen LogP contribution in [0.2, 0.25) is 0 Å². The minimum Gasteiger partial charge on any atom is -0.450 e. The van der Waals surface area contributed by atoms with Gasteiger partial charge in [0.05, 0.1) is 6.61 Å². The minimum absolute atomic E-state index is 0.0430. The van der Waals surface area contributed by atoms with E-state index in [0.717, 1.165) is 18.4 Å². The second-order valence-corrected chi connectivity index (χ2v) is 6.41. The van der Waals surface area contributed by atoms with Crippen molar-refractivity contribution in [2.45, 2.75) is 46.2 Å². The summed E-state index contributed by atoms with van der Waals surface area (Å²) in [4.78, 5) is 27.8. The van der Waals surface area contributed by atoms with Crippen LogP contribution in [0.5, 0.6) is 0 Å². The Balaban J connectivity index is 1.83. The molecule has 1 fully saturated rings. The first-order chi connectivity index (χ1) is 12.0. The van der Waals surface area contributed by atoms with E-state index < -0.39 is 0 Å². The number of nitrogens with zero attached hydrogens (tertiary/aromatic N) is 2. The number of aryl methyl sites for hydroxylation is 1. The molecule has 1 N–H and O–H groups in total. The SMILES string of the molecule is CCOC(=O)N1CCC(NC(=O)N(CC)Cc2cccc(C)c2)CC1. The molecule has 1 heterocycles. The molecule has 6 heteroatoms. The molecule has 0 atom stereocenters. The summed E-state index contributed by atoms with van der Waals surface area (Å²) in [5, 5.41) is 3.10. The number of benzene rings is 1. The van der Waals surface area contributed by atoms with Gasteiger partial charge in [0.15, 0.2) is 0 Å². The number of hydrogen-bond acceptors (Lipinski definition) is 3. The molecule has 6 nitrogen and oxygen atoms in total. The lowest BCUT2D eigenvalue weighted by molar-refractivity contribution is 0.0951. The van der Waals surface area contributed by atoms with Crippen molar-refractivity contribution >= 4 is 12.1 Å². The van der Waals surface area contributed by atoms with Gasteiger partial charge in [0.1, 0.15) is 0 Å². The lowest BCUT2D eigenvalue weighted by Crippen LogP contribution is -2.50. The molecule has 0 saturated carbocycles. The lowest BCUT2D eigenvalue weighted by Gasteiger charge is -2.33. The van der Waals surface area contributed by atoms with E-state index in [-0.39, 0.29) is 18.2 Å². The molecule has 2 rings (SSSR count). The standard InChI is InChI=1S/C19H29N3O3/c1-4-21(14-16-8-6-7-15(3)13-16)18(23)20-17-9-11-22(12-10-17)19(24)25-5-2/h6-8,13,17H,4-5,9-12,14H2,1-3H3,(H,20,23). The number of amides is 3. The highest BCUT2D eigenvalue weighted by Gasteiger charge is 2.25. The number of rotatable bonds is 5. The second kappa shape index (κ2) is 9.30. The molecular formula is C19H29N3O3. The van der Waals surface area contributed by atoms with Crippen LogP contribution < -0.4 is 5.32 Å². The largest absolute Gasteiger partial charge is 0.450 e. The molecule has 138 valence electrons. The zero-order chi connectivity index (χ0) is 18.2. The summed E-state index contributed by atoms with van der Waals surface area (Å²) in [7, 11) is 0. The van der Waals surface area contributed by atoms with E-state index in [0.29, 0.717) is 32.8 Å². The quantitative estimate of drug-likeness (QED) is 0.890. The van der Waals surface area contributed by atoms with Crippen LogP contribution in [-0.2, 0) is 11.3 Å². The fraction of sp³-hybridized carbons (Fsp3) is 0.579. The molecule has 0 radical (unpaired) electrons. The van der Waals surface area contributed by atoms with Crippen molar-refractivity contribution in [2.75, 3.05) is 26.2 Å². The van der Waals surface area contributed by atoms with Crippen LogP contribution in [-0.4, -0.2) is 54.2 Å². The Morgan fingerprint density at radius 3 is 2.60 bits per heavy atom. The van der Waals surface area contributed by atoms with Crippen molar-refractivity contribution in [3.05, 3.63) is 35.4 Å². The topological polar surface area (TPSA) is 61.9 Å². The third-order valence-electron chi connectivity index (χ3n) is 4.47. The van der Waals surface area contributed by atoms with Crippen molar-refractivity contribution in [2.24, 2.45) is 0 Å². The molecular weight excluding hydrogens is 318 g/mol. The number of carbonyl (C=O) groups excluding carboxylic acids is 2. The highest BCUT2D eigenvalue weighted by molar-refractivity contribution is 5.74. The van der Waals surface area contributed by atoms with Crippen molar-refractivity contribution in [1.29, 1.82) is 0 Å². The summed E-state index contributed by atoms with van der Waals surface area (Å²) >= 11 is 0. The molecule has 1 saturated heterocycles. The summed E-state index contributed by atoms with van der Waals surface area (Å²) in [5.74, 6) is 0. The maximum Gasteiger partial charge on any atom is 0.409 e. The summed E-state index contributed by atoms with van der Waals surface area (Å²) in [6.07, 6.45) is 1.25.